The molecule has 0 bridgehead atoms. The number of nitrogens with two attached hydrogens (primary N) is 1. The van der Waals surface area contributed by atoms with Crippen molar-refractivity contribution in [1.82, 2.24) is 5.43 Å². The van der Waals surface area contributed by atoms with E-state index >= 15 is 0 Å². The van der Waals surface area contributed by atoms with E-state index < -0.39 is 0 Å². The molecule has 14 heavy (non-hydrogen) atoms. The van der Waals surface area contributed by atoms with Gasteiger partial charge in [-0.15, -0.1) is 11.8 Å². The average Bonchev–Trinajstić information content (AvgIpc) is 3.05. The Kier molecular flexibility index (Phi) is 3.45. The molecule has 1 atom stereocenters. The molecule has 0 saturated heterocycles. The van der Waals surface area contributed by atoms with Gasteiger partial charge in [0.15, 0.2) is 0 Å². The number of rotatable bonds is 5. The molecule has 1 aliphatic carbocycles. The minimum atomic E-state index is 0.486. The van der Waals surface area contributed by atoms with Crippen molar-refractivity contribution >= 4 is 11.8 Å². The number of thioether (sulfide) groups is 1. The number of nitrogens with one attached hydrogen (secondary N) is 1. The zero-order valence-electron chi connectivity index (χ0n) is 8.15. The largest absolute Gasteiger partial charge is 0.271 e. The molecule has 1 unspecified atom stereocenters. The van der Waals surface area contributed by atoms with E-state index in [1.54, 1.807) is 0 Å². The molecule has 0 aromatic heterocycles. The zero-order chi connectivity index (χ0) is 9.80. The maximum absolute atomic E-state index is 5.51. The molecular weight excluding hydrogens is 192 g/mol. The minimum absolute atomic E-state index is 0.486. The van der Waals surface area contributed by atoms with Gasteiger partial charge in [0, 0.05) is 16.7 Å². The Hall–Kier alpha value is -0.510. The van der Waals surface area contributed by atoms with Gasteiger partial charge in [0.2, 0.25) is 0 Å². The van der Waals surface area contributed by atoms with E-state index in [0.29, 0.717) is 6.04 Å². The molecule has 1 aromatic rings. The Bertz CT molecular complexity index is 272. The van der Waals surface area contributed by atoms with Crippen LogP contribution in [0, 0.1) is 5.92 Å². The predicted molar refractivity (Wildman–Crippen MR) is 61.0 cm³/mol. The molecule has 0 amide bonds. The van der Waals surface area contributed by atoms with Crippen LogP contribution in [-0.2, 0) is 0 Å². The molecular formula is C11H16N2S. The number of hydrazine groups is 1. The summed E-state index contributed by atoms with van der Waals surface area (Å²) in [6.45, 7) is 0. The summed E-state index contributed by atoms with van der Waals surface area (Å²) in [5, 5.41) is 0. The molecule has 2 rings (SSSR count). The van der Waals surface area contributed by atoms with E-state index in [1.165, 1.54) is 17.7 Å². The van der Waals surface area contributed by atoms with Crippen LogP contribution in [0.5, 0.6) is 0 Å². The summed E-state index contributed by atoms with van der Waals surface area (Å²) < 4.78 is 0. The molecule has 0 radical (unpaired) electrons. The third-order valence-corrected chi connectivity index (χ3v) is 3.71. The van der Waals surface area contributed by atoms with Crippen LogP contribution in [0.15, 0.2) is 35.2 Å². The first kappa shape index (κ1) is 10.0. The Morgan fingerprint density at radius 1 is 1.36 bits per heavy atom. The lowest BCUT2D eigenvalue weighted by atomic mass is 10.2. The lowest BCUT2D eigenvalue weighted by Gasteiger charge is -2.13. The van der Waals surface area contributed by atoms with Crippen LogP contribution in [0.3, 0.4) is 0 Å². The van der Waals surface area contributed by atoms with E-state index in [0.717, 1.165) is 11.7 Å². The first-order valence-electron chi connectivity index (χ1n) is 5.04. The Morgan fingerprint density at radius 3 is 2.64 bits per heavy atom. The van der Waals surface area contributed by atoms with Gasteiger partial charge in [-0.2, -0.15) is 0 Å². The summed E-state index contributed by atoms with van der Waals surface area (Å²) in [5.74, 6) is 7.41. The summed E-state index contributed by atoms with van der Waals surface area (Å²) in [6.07, 6.45) is 2.68. The highest BCUT2D eigenvalue weighted by Gasteiger charge is 2.30. The van der Waals surface area contributed by atoms with Gasteiger partial charge in [0.25, 0.3) is 0 Å². The molecule has 3 heteroatoms. The average molecular weight is 208 g/mol. The lowest BCUT2D eigenvalue weighted by molar-refractivity contribution is 0.520. The zero-order valence-corrected chi connectivity index (χ0v) is 8.96. The van der Waals surface area contributed by atoms with Crippen molar-refractivity contribution in [2.24, 2.45) is 11.8 Å². The summed E-state index contributed by atoms with van der Waals surface area (Å²) in [6, 6.07) is 11.0. The van der Waals surface area contributed by atoms with Gasteiger partial charge in [-0.25, -0.2) is 0 Å². The molecule has 2 nitrogen and oxygen atoms in total. The monoisotopic (exact) mass is 208 g/mol. The standard InChI is InChI=1S/C11H16N2S/c12-13-11(9-6-7-9)8-14-10-4-2-1-3-5-10/h1-5,9,11,13H,6-8,12H2. The molecule has 3 N–H and O–H groups in total. The maximum atomic E-state index is 5.51. The smallest absolute Gasteiger partial charge is 0.0332 e. The Morgan fingerprint density at radius 2 is 2.07 bits per heavy atom. The summed E-state index contributed by atoms with van der Waals surface area (Å²) >= 11 is 1.88. The third-order valence-electron chi connectivity index (χ3n) is 2.58. The highest BCUT2D eigenvalue weighted by molar-refractivity contribution is 7.99. The van der Waals surface area contributed by atoms with Crippen molar-refractivity contribution < 1.29 is 0 Å². The number of hydrogen-bond acceptors (Lipinski definition) is 3. The van der Waals surface area contributed by atoms with Crippen LogP contribution in [0.1, 0.15) is 12.8 Å². The van der Waals surface area contributed by atoms with Crippen molar-refractivity contribution in [3.8, 4) is 0 Å². The number of benzene rings is 1. The molecule has 0 aliphatic heterocycles. The van der Waals surface area contributed by atoms with Crippen molar-refractivity contribution in [2.45, 2.75) is 23.8 Å². The van der Waals surface area contributed by atoms with Crippen molar-refractivity contribution in [1.29, 1.82) is 0 Å². The second-order valence-electron chi connectivity index (χ2n) is 3.73. The van der Waals surface area contributed by atoms with E-state index in [9.17, 15) is 0 Å². The van der Waals surface area contributed by atoms with Crippen LogP contribution < -0.4 is 11.3 Å². The van der Waals surface area contributed by atoms with Gasteiger partial charge in [-0.05, 0) is 30.9 Å². The fourth-order valence-electron chi connectivity index (χ4n) is 1.52. The first-order chi connectivity index (χ1) is 6.90. The van der Waals surface area contributed by atoms with E-state index in [4.69, 9.17) is 5.84 Å². The molecule has 1 saturated carbocycles. The van der Waals surface area contributed by atoms with Crippen LogP contribution in [-0.4, -0.2) is 11.8 Å². The van der Waals surface area contributed by atoms with Gasteiger partial charge in [0.05, 0.1) is 0 Å². The number of hydrogen-bond donors (Lipinski definition) is 2. The third kappa shape index (κ3) is 2.74. The topological polar surface area (TPSA) is 38.0 Å². The van der Waals surface area contributed by atoms with E-state index in [-0.39, 0.29) is 0 Å². The fourth-order valence-corrected chi connectivity index (χ4v) is 2.61. The van der Waals surface area contributed by atoms with Gasteiger partial charge >= 0.3 is 0 Å². The molecule has 1 fully saturated rings. The van der Waals surface area contributed by atoms with Gasteiger partial charge in [-0.1, -0.05) is 18.2 Å². The van der Waals surface area contributed by atoms with Crippen molar-refractivity contribution in [3.63, 3.8) is 0 Å². The second-order valence-corrected chi connectivity index (χ2v) is 4.83. The molecule has 76 valence electrons. The van der Waals surface area contributed by atoms with Crippen LogP contribution in [0.4, 0.5) is 0 Å². The fraction of sp³-hybridized carbons (Fsp3) is 0.455. The Labute approximate surface area is 89.2 Å². The van der Waals surface area contributed by atoms with Crippen molar-refractivity contribution in [3.05, 3.63) is 30.3 Å². The first-order valence-corrected chi connectivity index (χ1v) is 6.02. The quantitative estimate of drug-likeness (QED) is 0.442. The van der Waals surface area contributed by atoms with Crippen LogP contribution >= 0.6 is 11.8 Å². The summed E-state index contributed by atoms with van der Waals surface area (Å²) in [4.78, 5) is 1.33. The van der Waals surface area contributed by atoms with Gasteiger partial charge in [0.1, 0.15) is 0 Å². The van der Waals surface area contributed by atoms with Gasteiger partial charge < -0.3 is 0 Å². The van der Waals surface area contributed by atoms with Gasteiger partial charge in [-0.3, -0.25) is 11.3 Å². The normalized spacial score (nSPS) is 18.1. The molecule has 0 heterocycles. The predicted octanol–water partition coefficient (Wildman–Crippen LogP) is 2.02. The van der Waals surface area contributed by atoms with E-state index in [2.05, 4.69) is 29.7 Å². The second kappa shape index (κ2) is 4.82. The van der Waals surface area contributed by atoms with Crippen molar-refractivity contribution in [2.75, 3.05) is 5.75 Å². The highest BCUT2D eigenvalue weighted by Crippen LogP contribution is 2.34. The SMILES string of the molecule is NNC(CSc1ccccc1)C1CC1. The molecule has 0 spiro atoms. The Balaban J connectivity index is 1.81. The highest BCUT2D eigenvalue weighted by atomic mass is 32.2. The minimum Gasteiger partial charge on any atom is -0.271 e. The van der Waals surface area contributed by atoms with Crippen LogP contribution in [0.25, 0.3) is 0 Å². The lowest BCUT2D eigenvalue weighted by Crippen LogP contribution is -2.38. The summed E-state index contributed by atoms with van der Waals surface area (Å²) in [5.41, 5.74) is 2.91. The molecule has 1 aliphatic rings. The maximum Gasteiger partial charge on any atom is 0.0332 e. The molecule has 1 aromatic carbocycles. The summed E-state index contributed by atoms with van der Waals surface area (Å²) in [7, 11) is 0. The van der Waals surface area contributed by atoms with E-state index in [1.807, 2.05) is 17.8 Å². The van der Waals surface area contributed by atoms with Crippen LogP contribution in [0.2, 0.25) is 0 Å².